The first kappa shape index (κ1) is 11.6. The summed E-state index contributed by atoms with van der Waals surface area (Å²) in [5.74, 6) is 0. The molecule has 15 heavy (non-hydrogen) atoms. The molecular weight excluding hydrogens is 192 g/mol. The maximum absolute atomic E-state index is 11.2. The van der Waals surface area contributed by atoms with E-state index in [2.05, 4.69) is 5.32 Å². The monoisotopic (exact) mass is 210 g/mol. The van der Waals surface area contributed by atoms with Crippen LogP contribution in [0.15, 0.2) is 24.5 Å². The van der Waals surface area contributed by atoms with Crippen molar-refractivity contribution in [2.75, 3.05) is 6.54 Å². The van der Waals surface area contributed by atoms with Gasteiger partial charge in [-0.1, -0.05) is 0 Å². The van der Waals surface area contributed by atoms with Gasteiger partial charge in [0.05, 0.1) is 0 Å². The number of nitrogens with one attached hydrogen (secondary N) is 1. The Hall–Kier alpha value is -1.45. The molecule has 1 rings (SSSR count). The van der Waals surface area contributed by atoms with Crippen molar-refractivity contribution >= 4 is 6.09 Å². The van der Waals surface area contributed by atoms with Crippen LogP contribution in [0.5, 0.6) is 0 Å². The van der Waals surface area contributed by atoms with E-state index in [1.54, 1.807) is 0 Å². The Morgan fingerprint density at radius 3 is 2.47 bits per heavy atom. The Morgan fingerprint density at radius 1 is 1.33 bits per heavy atom. The smallest absolute Gasteiger partial charge is 0.407 e. The summed E-state index contributed by atoms with van der Waals surface area (Å²) in [6.07, 6.45) is 3.54. The van der Waals surface area contributed by atoms with E-state index in [-0.39, 0.29) is 6.09 Å². The summed E-state index contributed by atoms with van der Waals surface area (Å²) in [6.45, 7) is 6.87. The van der Waals surface area contributed by atoms with Gasteiger partial charge in [0, 0.05) is 25.5 Å². The zero-order chi connectivity index (χ0) is 11.3. The van der Waals surface area contributed by atoms with E-state index in [4.69, 9.17) is 4.74 Å². The van der Waals surface area contributed by atoms with Gasteiger partial charge in [-0.2, -0.15) is 0 Å². The van der Waals surface area contributed by atoms with Crippen molar-refractivity contribution in [3.05, 3.63) is 24.5 Å². The zero-order valence-corrected chi connectivity index (χ0v) is 9.49. The molecule has 1 heterocycles. The van der Waals surface area contributed by atoms with Crippen LogP contribution >= 0.6 is 0 Å². The normalized spacial score (nSPS) is 11.1. The van der Waals surface area contributed by atoms with Crippen LogP contribution in [0.4, 0.5) is 4.79 Å². The predicted molar refractivity (Wildman–Crippen MR) is 58.7 cm³/mol. The summed E-state index contributed by atoms with van der Waals surface area (Å²) < 4.78 is 7.10. The number of carbonyl (C=O) groups excluding carboxylic acids is 1. The highest BCUT2D eigenvalue weighted by Crippen LogP contribution is 2.06. The molecule has 0 aliphatic carbocycles. The molecule has 1 N–H and O–H groups in total. The topological polar surface area (TPSA) is 43.3 Å². The van der Waals surface area contributed by atoms with Gasteiger partial charge >= 0.3 is 6.09 Å². The third-order valence-electron chi connectivity index (χ3n) is 1.70. The highest BCUT2D eigenvalue weighted by molar-refractivity contribution is 5.67. The molecule has 0 radical (unpaired) electrons. The molecule has 0 unspecified atom stereocenters. The average molecular weight is 210 g/mol. The first-order valence-electron chi connectivity index (χ1n) is 5.05. The molecule has 0 aromatic carbocycles. The fourth-order valence-electron chi connectivity index (χ4n) is 1.12. The molecule has 4 nitrogen and oxygen atoms in total. The van der Waals surface area contributed by atoms with Gasteiger partial charge in [0.15, 0.2) is 0 Å². The zero-order valence-electron chi connectivity index (χ0n) is 9.49. The second-order valence-electron chi connectivity index (χ2n) is 4.35. The molecule has 0 spiro atoms. The first-order valence-corrected chi connectivity index (χ1v) is 5.05. The summed E-state index contributed by atoms with van der Waals surface area (Å²) in [5, 5.41) is 2.70. The van der Waals surface area contributed by atoms with Gasteiger partial charge < -0.3 is 14.6 Å². The van der Waals surface area contributed by atoms with E-state index in [1.165, 1.54) is 0 Å². The molecule has 1 aromatic heterocycles. The van der Waals surface area contributed by atoms with Crippen molar-refractivity contribution in [3.63, 3.8) is 0 Å². The van der Waals surface area contributed by atoms with Crippen molar-refractivity contribution in [2.24, 2.45) is 0 Å². The van der Waals surface area contributed by atoms with Gasteiger partial charge in [0.2, 0.25) is 0 Å². The largest absolute Gasteiger partial charge is 0.444 e. The number of alkyl carbamates (subject to hydrolysis) is 1. The van der Waals surface area contributed by atoms with Gasteiger partial charge in [0.25, 0.3) is 0 Å². The average Bonchev–Trinajstić information content (AvgIpc) is 2.53. The third kappa shape index (κ3) is 5.10. The number of amides is 1. The summed E-state index contributed by atoms with van der Waals surface area (Å²) in [7, 11) is 0. The molecular formula is C11H18N2O2. The number of hydrogen-bond donors (Lipinski definition) is 1. The lowest BCUT2D eigenvalue weighted by molar-refractivity contribution is 0.0526. The Kier molecular flexibility index (Phi) is 3.77. The lowest BCUT2D eigenvalue weighted by Gasteiger charge is -2.19. The molecule has 0 atom stereocenters. The molecule has 1 amide bonds. The number of carbonyl (C=O) groups is 1. The summed E-state index contributed by atoms with van der Waals surface area (Å²) in [4.78, 5) is 11.2. The van der Waals surface area contributed by atoms with Crippen molar-refractivity contribution in [1.29, 1.82) is 0 Å². The molecule has 0 bridgehead atoms. The van der Waals surface area contributed by atoms with Gasteiger partial charge in [-0.3, -0.25) is 0 Å². The Morgan fingerprint density at radius 2 is 1.93 bits per heavy atom. The summed E-state index contributed by atoms with van der Waals surface area (Å²) >= 11 is 0. The second kappa shape index (κ2) is 4.87. The lowest BCUT2D eigenvalue weighted by Crippen LogP contribution is -2.34. The van der Waals surface area contributed by atoms with E-state index in [9.17, 15) is 4.79 Å². The SMILES string of the molecule is CC(C)(C)OC(=O)NCCn1cccc1. The van der Waals surface area contributed by atoms with Crippen LogP contribution in [-0.2, 0) is 11.3 Å². The summed E-state index contributed by atoms with van der Waals surface area (Å²) in [6, 6.07) is 3.90. The van der Waals surface area contributed by atoms with E-state index in [1.807, 2.05) is 49.9 Å². The van der Waals surface area contributed by atoms with Crippen molar-refractivity contribution in [2.45, 2.75) is 32.9 Å². The number of aromatic nitrogens is 1. The Balaban J connectivity index is 2.18. The van der Waals surface area contributed by atoms with Gasteiger partial charge in [-0.15, -0.1) is 0 Å². The van der Waals surface area contributed by atoms with Crippen LogP contribution in [0.1, 0.15) is 20.8 Å². The minimum atomic E-state index is -0.433. The standard InChI is InChI=1S/C11H18N2O2/c1-11(2,3)15-10(14)12-6-9-13-7-4-5-8-13/h4-5,7-8H,6,9H2,1-3H3,(H,12,14). The minimum Gasteiger partial charge on any atom is -0.444 e. The van der Waals surface area contributed by atoms with Crippen LogP contribution in [0.25, 0.3) is 0 Å². The summed E-state index contributed by atoms with van der Waals surface area (Å²) in [5.41, 5.74) is -0.433. The minimum absolute atomic E-state index is 0.366. The van der Waals surface area contributed by atoms with Crippen LogP contribution in [-0.4, -0.2) is 22.8 Å². The number of ether oxygens (including phenoxy) is 1. The number of rotatable bonds is 3. The van der Waals surface area contributed by atoms with E-state index < -0.39 is 5.60 Å². The fourth-order valence-corrected chi connectivity index (χ4v) is 1.12. The number of nitrogens with zero attached hydrogens (tertiary/aromatic N) is 1. The molecule has 1 aromatic rings. The van der Waals surface area contributed by atoms with Crippen molar-refractivity contribution in [3.8, 4) is 0 Å². The van der Waals surface area contributed by atoms with Crippen molar-refractivity contribution in [1.82, 2.24) is 9.88 Å². The van der Waals surface area contributed by atoms with Crippen molar-refractivity contribution < 1.29 is 9.53 Å². The fraction of sp³-hybridized carbons (Fsp3) is 0.545. The van der Waals surface area contributed by atoms with Gasteiger partial charge in [-0.05, 0) is 32.9 Å². The van der Waals surface area contributed by atoms with Crippen LogP contribution in [0, 0.1) is 0 Å². The van der Waals surface area contributed by atoms with Gasteiger partial charge in [0.1, 0.15) is 5.60 Å². The molecule has 0 saturated carbocycles. The highest BCUT2D eigenvalue weighted by Gasteiger charge is 2.15. The predicted octanol–water partition coefficient (Wildman–Crippen LogP) is 2.01. The first-order chi connectivity index (χ1) is 6.97. The van der Waals surface area contributed by atoms with E-state index >= 15 is 0 Å². The Labute approximate surface area is 90.2 Å². The van der Waals surface area contributed by atoms with Gasteiger partial charge in [-0.25, -0.2) is 4.79 Å². The third-order valence-corrected chi connectivity index (χ3v) is 1.70. The molecule has 0 aliphatic heterocycles. The quantitative estimate of drug-likeness (QED) is 0.829. The number of hydrogen-bond acceptors (Lipinski definition) is 2. The molecule has 0 fully saturated rings. The van der Waals surface area contributed by atoms with Crippen LogP contribution in [0.2, 0.25) is 0 Å². The maximum atomic E-state index is 11.2. The molecule has 4 heteroatoms. The molecule has 84 valence electrons. The van der Waals surface area contributed by atoms with E-state index in [0.717, 1.165) is 6.54 Å². The van der Waals surface area contributed by atoms with Crippen LogP contribution in [0.3, 0.4) is 0 Å². The molecule has 0 aliphatic rings. The lowest BCUT2D eigenvalue weighted by atomic mass is 10.2. The Bertz CT molecular complexity index is 299. The molecule has 0 saturated heterocycles. The maximum Gasteiger partial charge on any atom is 0.407 e. The second-order valence-corrected chi connectivity index (χ2v) is 4.35. The van der Waals surface area contributed by atoms with E-state index in [0.29, 0.717) is 6.54 Å². The highest BCUT2D eigenvalue weighted by atomic mass is 16.6. The van der Waals surface area contributed by atoms with Crippen LogP contribution < -0.4 is 5.32 Å².